The fraction of sp³-hybridized carbons (Fsp3) is 0.500. The maximum absolute atomic E-state index is 12.6. The van der Waals surface area contributed by atoms with Crippen molar-refractivity contribution in [1.29, 1.82) is 0 Å². The summed E-state index contributed by atoms with van der Waals surface area (Å²) >= 11 is 0. The van der Waals surface area contributed by atoms with E-state index in [1.165, 1.54) is 0 Å². The quantitative estimate of drug-likeness (QED) is 0.527. The Labute approximate surface area is 121 Å². The van der Waals surface area contributed by atoms with Gasteiger partial charge in [0, 0.05) is 5.69 Å². The molecule has 1 rings (SSSR count). The fourth-order valence-electron chi connectivity index (χ4n) is 1.47. The minimum Gasteiger partial charge on any atom is -0.460 e. The van der Waals surface area contributed by atoms with E-state index in [2.05, 4.69) is 0 Å². The summed E-state index contributed by atoms with van der Waals surface area (Å²) in [5, 5.41) is 0. The molecular formula is C14H18F3NO3. The summed E-state index contributed by atoms with van der Waals surface area (Å²) < 4.78 is 48.0. The van der Waals surface area contributed by atoms with Crippen LogP contribution in [0.4, 0.5) is 18.9 Å². The van der Waals surface area contributed by atoms with E-state index in [1.54, 1.807) is 0 Å². The Kier molecular flexibility index (Phi) is 5.22. The van der Waals surface area contributed by atoms with Crippen LogP contribution in [0.3, 0.4) is 0 Å². The number of nitrogen functional groups attached to an aromatic ring is 1. The molecular weight excluding hydrogens is 287 g/mol. The number of halogens is 3. The monoisotopic (exact) mass is 305 g/mol. The summed E-state index contributed by atoms with van der Waals surface area (Å²) in [7, 11) is 0. The van der Waals surface area contributed by atoms with E-state index in [4.69, 9.17) is 15.2 Å². The van der Waals surface area contributed by atoms with E-state index in [-0.39, 0.29) is 30.1 Å². The lowest BCUT2D eigenvalue weighted by atomic mass is 10.1. The van der Waals surface area contributed by atoms with E-state index in [9.17, 15) is 18.0 Å². The second-order valence-electron chi connectivity index (χ2n) is 5.40. The highest BCUT2D eigenvalue weighted by Crippen LogP contribution is 2.31. The first kappa shape index (κ1) is 17.3. The fourth-order valence-corrected chi connectivity index (χ4v) is 1.47. The van der Waals surface area contributed by atoms with Crippen molar-refractivity contribution < 1.29 is 27.4 Å². The third-order valence-corrected chi connectivity index (χ3v) is 2.45. The molecule has 1 aromatic rings. The Morgan fingerprint density at radius 3 is 2.33 bits per heavy atom. The third-order valence-electron chi connectivity index (χ3n) is 2.45. The van der Waals surface area contributed by atoms with Gasteiger partial charge in [0.15, 0.2) is 0 Å². The van der Waals surface area contributed by atoms with Crippen molar-refractivity contribution in [3.8, 4) is 0 Å². The molecule has 0 aromatic heterocycles. The van der Waals surface area contributed by atoms with E-state index in [0.29, 0.717) is 6.07 Å². The smallest absolute Gasteiger partial charge is 0.416 e. The first-order chi connectivity index (χ1) is 9.50. The number of carbonyl (C=O) groups is 1. The summed E-state index contributed by atoms with van der Waals surface area (Å²) in [6.07, 6.45) is -4.54. The summed E-state index contributed by atoms with van der Waals surface area (Å²) in [4.78, 5) is 11.7. The molecule has 21 heavy (non-hydrogen) atoms. The molecule has 0 saturated carbocycles. The SMILES string of the molecule is CC(C)(C)OCCOC(=O)c1cc(C(F)(F)F)ccc1N. The molecule has 0 spiro atoms. The molecule has 0 aliphatic rings. The van der Waals surface area contributed by atoms with Crippen LogP contribution in [0.5, 0.6) is 0 Å². The van der Waals surface area contributed by atoms with Gasteiger partial charge >= 0.3 is 12.1 Å². The van der Waals surface area contributed by atoms with Crippen LogP contribution in [0.2, 0.25) is 0 Å². The largest absolute Gasteiger partial charge is 0.460 e. The Morgan fingerprint density at radius 1 is 1.19 bits per heavy atom. The van der Waals surface area contributed by atoms with Crippen LogP contribution in [-0.4, -0.2) is 24.8 Å². The van der Waals surface area contributed by atoms with Crippen molar-refractivity contribution in [1.82, 2.24) is 0 Å². The average molecular weight is 305 g/mol. The van der Waals surface area contributed by atoms with Crippen LogP contribution in [0, 0.1) is 0 Å². The molecule has 118 valence electrons. The molecule has 0 fully saturated rings. The van der Waals surface area contributed by atoms with E-state index < -0.39 is 17.7 Å². The molecule has 0 bridgehead atoms. The van der Waals surface area contributed by atoms with Crippen molar-refractivity contribution >= 4 is 11.7 Å². The van der Waals surface area contributed by atoms with Crippen molar-refractivity contribution in [2.45, 2.75) is 32.5 Å². The molecule has 0 saturated heterocycles. The minimum absolute atomic E-state index is 0.0637. The molecule has 0 unspecified atom stereocenters. The summed E-state index contributed by atoms with van der Waals surface area (Å²) in [5.74, 6) is -0.906. The number of nitrogens with two attached hydrogens (primary N) is 1. The molecule has 1 aromatic carbocycles. The third kappa shape index (κ3) is 5.63. The molecule has 4 nitrogen and oxygen atoms in total. The first-order valence-electron chi connectivity index (χ1n) is 6.28. The summed E-state index contributed by atoms with van der Waals surface area (Å²) in [6, 6.07) is 2.53. The highest BCUT2D eigenvalue weighted by Gasteiger charge is 2.31. The lowest BCUT2D eigenvalue weighted by Gasteiger charge is -2.19. The first-order valence-corrected chi connectivity index (χ1v) is 6.28. The van der Waals surface area contributed by atoms with Crippen LogP contribution in [0.15, 0.2) is 18.2 Å². The summed E-state index contributed by atoms with van der Waals surface area (Å²) in [5.41, 5.74) is 3.80. The second kappa shape index (κ2) is 6.34. The maximum atomic E-state index is 12.6. The van der Waals surface area contributed by atoms with Gasteiger partial charge in [0.25, 0.3) is 0 Å². The lowest BCUT2D eigenvalue weighted by Crippen LogP contribution is -2.23. The standard InChI is InChI=1S/C14H18F3NO3/c1-13(2,3)21-7-6-20-12(19)10-8-9(14(15,16)17)4-5-11(10)18/h4-5,8H,6-7,18H2,1-3H3. The Morgan fingerprint density at radius 2 is 1.81 bits per heavy atom. The van der Waals surface area contributed by atoms with Gasteiger partial charge in [0.05, 0.1) is 23.3 Å². The molecule has 0 amide bonds. The highest BCUT2D eigenvalue weighted by atomic mass is 19.4. The zero-order chi connectivity index (χ0) is 16.3. The normalized spacial score (nSPS) is 12.3. The van der Waals surface area contributed by atoms with Gasteiger partial charge in [0.1, 0.15) is 6.61 Å². The molecule has 7 heteroatoms. The number of alkyl halides is 3. The predicted molar refractivity (Wildman–Crippen MR) is 71.8 cm³/mol. The number of hydrogen-bond acceptors (Lipinski definition) is 4. The van der Waals surface area contributed by atoms with Gasteiger partial charge in [0.2, 0.25) is 0 Å². The molecule has 0 radical (unpaired) electrons. The van der Waals surface area contributed by atoms with Crippen molar-refractivity contribution in [2.75, 3.05) is 18.9 Å². The average Bonchev–Trinajstić information content (AvgIpc) is 2.32. The Bertz CT molecular complexity index is 507. The van der Waals surface area contributed by atoms with Gasteiger partial charge in [-0.25, -0.2) is 4.79 Å². The number of esters is 1. The maximum Gasteiger partial charge on any atom is 0.416 e. The molecule has 0 aliphatic heterocycles. The van der Waals surface area contributed by atoms with Gasteiger partial charge in [-0.15, -0.1) is 0 Å². The van der Waals surface area contributed by atoms with Crippen LogP contribution in [-0.2, 0) is 15.7 Å². The van der Waals surface area contributed by atoms with E-state index >= 15 is 0 Å². The number of carbonyl (C=O) groups excluding carboxylic acids is 1. The number of anilines is 1. The number of rotatable bonds is 4. The molecule has 0 heterocycles. The van der Waals surface area contributed by atoms with Crippen LogP contribution in [0.1, 0.15) is 36.7 Å². The predicted octanol–water partition coefficient (Wildman–Crippen LogP) is 3.26. The van der Waals surface area contributed by atoms with Gasteiger partial charge < -0.3 is 15.2 Å². The number of ether oxygens (including phenoxy) is 2. The van der Waals surface area contributed by atoms with E-state index in [0.717, 1.165) is 12.1 Å². The Hall–Kier alpha value is -1.76. The van der Waals surface area contributed by atoms with E-state index in [1.807, 2.05) is 20.8 Å². The van der Waals surface area contributed by atoms with Crippen LogP contribution >= 0.6 is 0 Å². The number of hydrogen-bond donors (Lipinski definition) is 1. The van der Waals surface area contributed by atoms with Crippen molar-refractivity contribution in [3.05, 3.63) is 29.3 Å². The van der Waals surface area contributed by atoms with Crippen molar-refractivity contribution in [2.24, 2.45) is 0 Å². The zero-order valence-corrected chi connectivity index (χ0v) is 12.1. The second-order valence-corrected chi connectivity index (χ2v) is 5.40. The number of benzene rings is 1. The lowest BCUT2D eigenvalue weighted by molar-refractivity contribution is -0.137. The minimum atomic E-state index is -4.54. The molecule has 0 aliphatic carbocycles. The molecule has 0 atom stereocenters. The Balaban J connectivity index is 2.70. The van der Waals surface area contributed by atoms with Crippen molar-refractivity contribution in [3.63, 3.8) is 0 Å². The highest BCUT2D eigenvalue weighted by molar-refractivity contribution is 5.95. The van der Waals surface area contributed by atoms with Crippen LogP contribution < -0.4 is 5.73 Å². The topological polar surface area (TPSA) is 61.5 Å². The van der Waals surface area contributed by atoms with Crippen LogP contribution in [0.25, 0.3) is 0 Å². The van der Waals surface area contributed by atoms with Gasteiger partial charge in [-0.1, -0.05) is 0 Å². The van der Waals surface area contributed by atoms with Gasteiger partial charge in [-0.3, -0.25) is 0 Å². The molecule has 2 N–H and O–H groups in total. The van der Waals surface area contributed by atoms with Gasteiger partial charge in [-0.05, 0) is 39.0 Å². The summed E-state index contributed by atoms with van der Waals surface area (Å²) in [6.45, 7) is 5.58. The van der Waals surface area contributed by atoms with Gasteiger partial charge in [-0.2, -0.15) is 13.2 Å². The zero-order valence-electron chi connectivity index (χ0n) is 12.1.